The van der Waals surface area contributed by atoms with Gasteiger partial charge < -0.3 is 14.2 Å². The predicted octanol–water partition coefficient (Wildman–Crippen LogP) is 3.81. The van der Waals surface area contributed by atoms with Gasteiger partial charge in [-0.25, -0.2) is 0 Å². The van der Waals surface area contributed by atoms with Gasteiger partial charge in [0.05, 0.1) is 19.8 Å². The van der Waals surface area contributed by atoms with Crippen LogP contribution >= 0.6 is 0 Å². The normalized spacial score (nSPS) is 29.9. The smallest absolute Gasteiger partial charge is 0.312 e. The number of unbranched alkanes of at least 4 members (excludes halogenated alkanes) is 1. The van der Waals surface area contributed by atoms with Crippen molar-refractivity contribution in [3.63, 3.8) is 0 Å². The highest BCUT2D eigenvalue weighted by atomic mass is 16.9. The first-order valence-electron chi connectivity index (χ1n) is 8.23. The maximum Gasteiger partial charge on any atom is 0.312 e. The van der Waals surface area contributed by atoms with Crippen LogP contribution in [0.5, 0.6) is 0 Å². The summed E-state index contributed by atoms with van der Waals surface area (Å²) in [6.45, 7) is 6.44. The lowest BCUT2D eigenvalue weighted by Gasteiger charge is -2.51. The molecule has 1 aromatic rings. The van der Waals surface area contributed by atoms with Gasteiger partial charge >= 0.3 is 5.97 Å². The Morgan fingerprint density at radius 1 is 0.955 bits per heavy atom. The van der Waals surface area contributed by atoms with Gasteiger partial charge in [-0.15, -0.1) is 0 Å². The van der Waals surface area contributed by atoms with Gasteiger partial charge in [-0.2, -0.15) is 0 Å². The Labute approximate surface area is 133 Å². The van der Waals surface area contributed by atoms with Crippen LogP contribution in [0.3, 0.4) is 0 Å². The van der Waals surface area contributed by atoms with E-state index in [0.29, 0.717) is 19.8 Å². The second kappa shape index (κ2) is 6.42. The van der Waals surface area contributed by atoms with Crippen molar-refractivity contribution >= 4 is 0 Å². The molecule has 3 heterocycles. The molecule has 3 saturated heterocycles. The average molecular weight is 300 g/mol. The van der Waals surface area contributed by atoms with E-state index in [0.717, 1.165) is 36.8 Å². The molecule has 0 unspecified atom stereocenters. The van der Waals surface area contributed by atoms with Crippen LogP contribution in [0.1, 0.15) is 50.7 Å². The zero-order valence-electron chi connectivity index (χ0n) is 13.5. The molecule has 3 aliphatic rings. The van der Waals surface area contributed by atoms with Crippen LogP contribution in [0.25, 0.3) is 0 Å². The molecule has 118 valence electrons. The van der Waals surface area contributed by atoms with E-state index in [9.17, 15) is 0 Å². The number of benzene rings is 1. The van der Waals surface area contributed by atoms with E-state index in [4.69, 9.17) is 14.2 Å². The van der Waals surface area contributed by atoms with E-state index in [-0.39, 0.29) is 5.41 Å². The molecule has 22 heavy (non-hydrogen) atoms. The lowest BCUT2D eigenvalue weighted by atomic mass is 9.83. The van der Waals surface area contributed by atoms with E-state index in [1.807, 2.05) is 24.3 Å². The minimum atomic E-state index is -1.01. The summed E-state index contributed by atoms with van der Waals surface area (Å²) in [5, 5.41) is 0. The van der Waals surface area contributed by atoms with E-state index >= 15 is 0 Å². The molecule has 3 heteroatoms. The van der Waals surface area contributed by atoms with Crippen molar-refractivity contribution in [2.24, 2.45) is 5.41 Å². The van der Waals surface area contributed by atoms with Crippen LogP contribution in [-0.4, -0.2) is 19.8 Å². The Hall–Kier alpha value is -1.34. The van der Waals surface area contributed by atoms with Crippen LogP contribution in [-0.2, 0) is 20.2 Å². The second-order valence-electron chi connectivity index (χ2n) is 6.30. The summed E-state index contributed by atoms with van der Waals surface area (Å²) in [5.74, 6) is 5.31. The Balaban J connectivity index is 1.72. The summed E-state index contributed by atoms with van der Waals surface area (Å²) in [6.07, 6.45) is 4.22. The van der Waals surface area contributed by atoms with Gasteiger partial charge in [0.2, 0.25) is 0 Å². The highest BCUT2D eigenvalue weighted by Crippen LogP contribution is 2.46. The van der Waals surface area contributed by atoms with Crippen molar-refractivity contribution < 1.29 is 14.2 Å². The van der Waals surface area contributed by atoms with Gasteiger partial charge in [0.15, 0.2) is 0 Å². The van der Waals surface area contributed by atoms with Gasteiger partial charge in [0, 0.05) is 23.0 Å². The van der Waals surface area contributed by atoms with E-state index < -0.39 is 5.97 Å². The summed E-state index contributed by atoms with van der Waals surface area (Å²) < 4.78 is 17.9. The molecule has 3 nitrogen and oxygen atoms in total. The summed E-state index contributed by atoms with van der Waals surface area (Å²) in [6, 6.07) is 8.00. The number of hydrogen-bond donors (Lipinski definition) is 0. The molecule has 2 bridgehead atoms. The highest BCUT2D eigenvalue weighted by molar-refractivity contribution is 5.37. The standard InChI is InChI=1S/C19H24O3/c1-3-5-6-7-16-8-10-17(11-9-16)19-20-13-18(12-4-2,14-21-19)15-22-19/h8-11H,3-5,12-15H2,1-2H3. The highest BCUT2D eigenvalue weighted by Gasteiger charge is 2.53. The summed E-state index contributed by atoms with van der Waals surface area (Å²) in [5.41, 5.74) is 1.97. The van der Waals surface area contributed by atoms with Crippen LogP contribution in [0.4, 0.5) is 0 Å². The van der Waals surface area contributed by atoms with E-state index in [1.165, 1.54) is 0 Å². The largest absolute Gasteiger partial charge is 0.323 e. The van der Waals surface area contributed by atoms with Gasteiger partial charge in [-0.05, 0) is 37.1 Å². The van der Waals surface area contributed by atoms with Crippen molar-refractivity contribution in [1.82, 2.24) is 0 Å². The topological polar surface area (TPSA) is 27.7 Å². The molecule has 0 radical (unpaired) electrons. The van der Waals surface area contributed by atoms with Gasteiger partial charge in [0.1, 0.15) is 0 Å². The minimum absolute atomic E-state index is 0.0437. The monoisotopic (exact) mass is 300 g/mol. The fraction of sp³-hybridized carbons (Fsp3) is 0.579. The lowest BCUT2D eigenvalue weighted by Crippen LogP contribution is -2.58. The molecular weight excluding hydrogens is 276 g/mol. The Kier molecular flexibility index (Phi) is 4.54. The Morgan fingerprint density at radius 2 is 1.59 bits per heavy atom. The fourth-order valence-electron chi connectivity index (χ4n) is 3.04. The fourth-order valence-corrected chi connectivity index (χ4v) is 3.04. The van der Waals surface area contributed by atoms with Crippen molar-refractivity contribution in [2.45, 2.75) is 45.5 Å². The van der Waals surface area contributed by atoms with Gasteiger partial charge in [-0.3, -0.25) is 0 Å². The molecule has 0 saturated carbocycles. The third kappa shape index (κ3) is 2.92. The van der Waals surface area contributed by atoms with Crippen molar-refractivity contribution in [2.75, 3.05) is 19.8 Å². The third-order valence-corrected chi connectivity index (χ3v) is 4.33. The van der Waals surface area contributed by atoms with Crippen molar-refractivity contribution in [1.29, 1.82) is 0 Å². The van der Waals surface area contributed by atoms with Crippen LogP contribution < -0.4 is 0 Å². The number of rotatable bonds is 4. The first-order chi connectivity index (χ1) is 10.7. The van der Waals surface area contributed by atoms with Gasteiger partial charge in [-0.1, -0.05) is 32.1 Å². The molecule has 0 N–H and O–H groups in total. The number of fused-ring (bicyclic) bond motifs is 3. The predicted molar refractivity (Wildman–Crippen MR) is 85.1 cm³/mol. The molecule has 0 atom stereocenters. The Bertz CT molecular complexity index is 540. The molecule has 3 fully saturated rings. The average Bonchev–Trinajstić information content (AvgIpc) is 2.57. The summed E-state index contributed by atoms with van der Waals surface area (Å²) in [4.78, 5) is 0. The molecule has 4 rings (SSSR count). The molecule has 3 aliphatic heterocycles. The maximum atomic E-state index is 5.96. The van der Waals surface area contributed by atoms with Crippen molar-refractivity contribution in [3.8, 4) is 11.8 Å². The van der Waals surface area contributed by atoms with Crippen LogP contribution in [0, 0.1) is 17.3 Å². The molecule has 1 aromatic carbocycles. The van der Waals surface area contributed by atoms with Crippen molar-refractivity contribution in [3.05, 3.63) is 35.4 Å². The minimum Gasteiger partial charge on any atom is -0.323 e. The Morgan fingerprint density at radius 3 is 2.14 bits per heavy atom. The number of hydrogen-bond acceptors (Lipinski definition) is 3. The first kappa shape index (κ1) is 15.6. The lowest BCUT2D eigenvalue weighted by molar-refractivity contribution is -0.480. The summed E-state index contributed by atoms with van der Waals surface area (Å²) >= 11 is 0. The number of ether oxygens (including phenoxy) is 3. The quantitative estimate of drug-likeness (QED) is 0.791. The SMILES string of the molecule is CCCC#Cc1ccc(C23OCC(CCC)(CO2)CO3)cc1. The van der Waals surface area contributed by atoms with Gasteiger partial charge in [0.25, 0.3) is 0 Å². The van der Waals surface area contributed by atoms with E-state index in [1.54, 1.807) is 0 Å². The molecule has 0 amide bonds. The molecular formula is C19H24O3. The zero-order chi connectivity index (χ0) is 15.5. The van der Waals surface area contributed by atoms with Crippen LogP contribution in [0.15, 0.2) is 24.3 Å². The van der Waals surface area contributed by atoms with Crippen LogP contribution in [0.2, 0.25) is 0 Å². The first-order valence-corrected chi connectivity index (χ1v) is 8.23. The zero-order valence-corrected chi connectivity index (χ0v) is 13.5. The summed E-state index contributed by atoms with van der Waals surface area (Å²) in [7, 11) is 0. The maximum absolute atomic E-state index is 5.96. The third-order valence-electron chi connectivity index (χ3n) is 4.33. The second-order valence-corrected chi connectivity index (χ2v) is 6.30. The molecule has 0 spiro atoms. The van der Waals surface area contributed by atoms with E-state index in [2.05, 4.69) is 25.7 Å². The molecule has 0 aromatic heterocycles. The molecule has 0 aliphatic carbocycles.